The summed E-state index contributed by atoms with van der Waals surface area (Å²) in [4.78, 5) is 40.1. The molecule has 188 valence electrons. The van der Waals surface area contributed by atoms with Crippen molar-refractivity contribution in [1.82, 2.24) is 0 Å². The van der Waals surface area contributed by atoms with Crippen LogP contribution < -0.4 is 10.2 Å². The quantitative estimate of drug-likeness (QED) is 0.178. The summed E-state index contributed by atoms with van der Waals surface area (Å²) < 4.78 is 5.22. The van der Waals surface area contributed by atoms with Crippen molar-refractivity contribution in [3.8, 4) is 6.07 Å². The summed E-state index contributed by atoms with van der Waals surface area (Å²) in [7, 11) is 0. The van der Waals surface area contributed by atoms with Crippen LogP contribution in [0, 0.1) is 21.4 Å². The Morgan fingerprint density at radius 1 is 1.22 bits per heavy atom. The smallest absolute Gasteiger partial charge is 0.341 e. The molecule has 36 heavy (non-hydrogen) atoms. The first-order chi connectivity index (χ1) is 17.4. The van der Waals surface area contributed by atoms with E-state index in [-0.39, 0.29) is 17.9 Å². The molecule has 0 radical (unpaired) electrons. The summed E-state index contributed by atoms with van der Waals surface area (Å²) in [6.07, 6.45) is 7.95. The number of esters is 1. The third-order valence-electron chi connectivity index (χ3n) is 6.45. The number of nitro groups is 1. The third kappa shape index (κ3) is 5.41. The predicted octanol–water partition coefficient (Wildman–Crippen LogP) is 5.25. The Hall–Kier alpha value is -3.71. The van der Waals surface area contributed by atoms with Crippen LogP contribution in [0.15, 0.2) is 23.8 Å². The average molecular weight is 509 g/mol. The number of rotatable bonds is 7. The van der Waals surface area contributed by atoms with Crippen molar-refractivity contribution in [2.24, 2.45) is 0 Å². The van der Waals surface area contributed by atoms with E-state index in [0.717, 1.165) is 68.5 Å². The van der Waals surface area contributed by atoms with Gasteiger partial charge in [0.15, 0.2) is 0 Å². The first-order valence-electron chi connectivity index (χ1n) is 12.2. The highest BCUT2D eigenvalue weighted by molar-refractivity contribution is 7.17. The molecule has 1 fully saturated rings. The molecule has 1 saturated heterocycles. The zero-order valence-corrected chi connectivity index (χ0v) is 21.0. The number of hydrogen-bond acceptors (Lipinski definition) is 8. The van der Waals surface area contributed by atoms with Crippen LogP contribution in [0.1, 0.15) is 65.4 Å². The second-order valence-electron chi connectivity index (χ2n) is 8.81. The molecule has 0 saturated carbocycles. The first-order valence-corrected chi connectivity index (χ1v) is 13.0. The summed E-state index contributed by atoms with van der Waals surface area (Å²) in [5.74, 6) is -1.16. The van der Waals surface area contributed by atoms with Crippen molar-refractivity contribution in [1.29, 1.82) is 5.26 Å². The number of fused-ring (bicyclic) bond motifs is 1. The minimum atomic E-state index is -0.676. The van der Waals surface area contributed by atoms with E-state index >= 15 is 0 Å². The zero-order chi connectivity index (χ0) is 25.7. The van der Waals surface area contributed by atoms with Gasteiger partial charge in [-0.05, 0) is 75.1 Å². The molecule has 2 heterocycles. The molecule has 1 aromatic heterocycles. The van der Waals surface area contributed by atoms with Gasteiger partial charge in [-0.3, -0.25) is 14.9 Å². The van der Waals surface area contributed by atoms with E-state index in [0.29, 0.717) is 21.8 Å². The Balaban J connectivity index is 1.62. The summed E-state index contributed by atoms with van der Waals surface area (Å²) >= 11 is 1.34. The number of amides is 1. The van der Waals surface area contributed by atoms with Crippen LogP contribution in [-0.4, -0.2) is 36.5 Å². The number of anilines is 2. The molecule has 0 unspecified atom stereocenters. The fourth-order valence-electron chi connectivity index (χ4n) is 4.74. The number of nitriles is 1. The lowest BCUT2D eigenvalue weighted by molar-refractivity contribution is -0.384. The molecule has 2 aromatic rings. The Bertz CT molecular complexity index is 1250. The van der Waals surface area contributed by atoms with Crippen LogP contribution in [0.3, 0.4) is 0 Å². The lowest BCUT2D eigenvalue weighted by Gasteiger charge is -2.28. The van der Waals surface area contributed by atoms with Crippen molar-refractivity contribution in [2.75, 3.05) is 29.9 Å². The first kappa shape index (κ1) is 25.4. The summed E-state index contributed by atoms with van der Waals surface area (Å²) in [5, 5.41) is 24.6. The van der Waals surface area contributed by atoms with E-state index in [2.05, 4.69) is 5.32 Å². The fourth-order valence-corrected chi connectivity index (χ4v) is 6.01. The van der Waals surface area contributed by atoms with E-state index in [9.17, 15) is 25.0 Å². The molecular weight excluding hydrogens is 480 g/mol. The Labute approximate surface area is 213 Å². The van der Waals surface area contributed by atoms with Crippen LogP contribution in [0.2, 0.25) is 0 Å². The van der Waals surface area contributed by atoms with E-state index in [1.54, 1.807) is 19.1 Å². The van der Waals surface area contributed by atoms with Crippen molar-refractivity contribution in [3.05, 3.63) is 55.5 Å². The van der Waals surface area contributed by atoms with Gasteiger partial charge in [-0.2, -0.15) is 5.26 Å². The fraction of sp³-hybridized carbons (Fsp3) is 0.423. The zero-order valence-electron chi connectivity index (χ0n) is 20.2. The molecule has 2 aliphatic rings. The predicted molar refractivity (Wildman–Crippen MR) is 138 cm³/mol. The second-order valence-corrected chi connectivity index (χ2v) is 9.92. The highest BCUT2D eigenvalue weighted by Crippen LogP contribution is 2.39. The molecule has 10 heteroatoms. The Kier molecular flexibility index (Phi) is 8.00. The number of hydrogen-bond donors (Lipinski definition) is 1. The Morgan fingerprint density at radius 3 is 2.67 bits per heavy atom. The minimum absolute atomic E-state index is 0.0566. The van der Waals surface area contributed by atoms with Crippen LogP contribution >= 0.6 is 11.3 Å². The van der Waals surface area contributed by atoms with Gasteiger partial charge in [0.05, 0.1) is 17.1 Å². The van der Waals surface area contributed by atoms with Gasteiger partial charge < -0.3 is 15.0 Å². The highest BCUT2D eigenvalue weighted by Gasteiger charge is 2.28. The molecule has 1 aliphatic carbocycles. The van der Waals surface area contributed by atoms with Crippen molar-refractivity contribution in [2.45, 2.75) is 51.9 Å². The van der Waals surface area contributed by atoms with Gasteiger partial charge in [0, 0.05) is 24.0 Å². The molecule has 1 N–H and O–H groups in total. The van der Waals surface area contributed by atoms with E-state index in [1.807, 2.05) is 11.0 Å². The largest absolute Gasteiger partial charge is 0.462 e. The second kappa shape index (κ2) is 11.4. The summed E-state index contributed by atoms with van der Waals surface area (Å²) in [6, 6.07) is 6.63. The van der Waals surface area contributed by atoms with Crippen molar-refractivity contribution in [3.63, 3.8) is 0 Å². The molecule has 0 atom stereocenters. The standard InChI is InChI=1S/C26H28N4O5S/c1-2-35-26(32)23-19-8-4-5-9-22(19)36-25(23)28-24(31)18(16-27)14-17-10-11-20(21(15-17)30(33)34)29-12-6-3-7-13-29/h10-11,14-15H,2-9,12-13H2,1H3,(H,28,31). The van der Waals surface area contributed by atoms with Crippen molar-refractivity contribution < 1.29 is 19.2 Å². The SMILES string of the molecule is CCOC(=O)c1c(NC(=O)C(C#N)=Cc2ccc(N3CCCCC3)c([N+](=O)[O-])c2)sc2c1CCCC2. The molecule has 0 spiro atoms. The maximum Gasteiger partial charge on any atom is 0.341 e. The van der Waals surface area contributed by atoms with E-state index in [4.69, 9.17) is 4.74 Å². The molecule has 1 aliphatic heterocycles. The summed E-state index contributed by atoms with van der Waals surface area (Å²) in [6.45, 7) is 3.46. The van der Waals surface area contributed by atoms with Gasteiger partial charge in [-0.15, -0.1) is 11.3 Å². The number of thiophene rings is 1. The molecule has 1 amide bonds. The molecule has 4 rings (SSSR count). The van der Waals surface area contributed by atoms with Gasteiger partial charge in [-0.1, -0.05) is 6.07 Å². The van der Waals surface area contributed by atoms with Gasteiger partial charge in [0.2, 0.25) is 0 Å². The minimum Gasteiger partial charge on any atom is -0.462 e. The number of carbonyl (C=O) groups is 2. The maximum atomic E-state index is 13.0. The monoisotopic (exact) mass is 508 g/mol. The number of nitro benzene ring substituents is 1. The normalized spacial score (nSPS) is 15.6. The number of nitrogens with zero attached hydrogens (tertiary/aromatic N) is 3. The molecule has 9 nitrogen and oxygen atoms in total. The van der Waals surface area contributed by atoms with Crippen molar-refractivity contribution >= 4 is 45.7 Å². The lowest BCUT2D eigenvalue weighted by Crippen LogP contribution is -2.29. The van der Waals surface area contributed by atoms with Gasteiger partial charge in [0.1, 0.15) is 22.3 Å². The topological polar surface area (TPSA) is 126 Å². The average Bonchev–Trinajstić information content (AvgIpc) is 3.25. The number of carbonyl (C=O) groups excluding carboxylic acids is 2. The molecular formula is C26H28N4O5S. The van der Waals surface area contributed by atoms with E-state index in [1.165, 1.54) is 23.5 Å². The lowest BCUT2D eigenvalue weighted by atomic mass is 9.95. The summed E-state index contributed by atoms with van der Waals surface area (Å²) in [5.41, 5.74) is 1.93. The van der Waals surface area contributed by atoms with Gasteiger partial charge in [0.25, 0.3) is 11.6 Å². The number of piperidine rings is 1. The number of nitrogens with one attached hydrogen (secondary N) is 1. The highest BCUT2D eigenvalue weighted by atomic mass is 32.1. The third-order valence-corrected chi connectivity index (χ3v) is 7.65. The number of ether oxygens (including phenoxy) is 1. The van der Waals surface area contributed by atoms with Gasteiger partial charge in [-0.25, -0.2) is 4.79 Å². The number of aryl methyl sites for hydroxylation is 1. The van der Waals surface area contributed by atoms with Crippen LogP contribution in [0.5, 0.6) is 0 Å². The number of benzene rings is 1. The molecule has 0 bridgehead atoms. The van der Waals surface area contributed by atoms with E-state index < -0.39 is 16.8 Å². The van der Waals surface area contributed by atoms with Crippen LogP contribution in [0.4, 0.5) is 16.4 Å². The van der Waals surface area contributed by atoms with Crippen LogP contribution in [0.25, 0.3) is 6.08 Å². The van der Waals surface area contributed by atoms with Gasteiger partial charge >= 0.3 is 5.97 Å². The maximum absolute atomic E-state index is 13.0. The molecule has 1 aromatic carbocycles. The Morgan fingerprint density at radius 2 is 1.97 bits per heavy atom. The van der Waals surface area contributed by atoms with Crippen LogP contribution in [-0.2, 0) is 22.4 Å².